The molecular weight excluding hydrogens is 346 g/mol. The molecule has 3 aromatic rings. The van der Waals surface area contributed by atoms with Crippen LogP contribution in [0.25, 0.3) is 0 Å². The summed E-state index contributed by atoms with van der Waals surface area (Å²) in [5.74, 6) is -3.95. The van der Waals surface area contributed by atoms with E-state index >= 15 is 0 Å². The number of hydrogen-bond donors (Lipinski definition) is 0. The standard InChI is InChI=1S/C23H18F2O2/c24-23(25,16-26)20-13-11-17(12-14-20)15-21(18-7-3-1-4-8-18)22(27)19-9-5-2-6-10-19/h1-14,16,21H,15H2. The lowest BCUT2D eigenvalue weighted by atomic mass is 9.85. The van der Waals surface area contributed by atoms with Crippen LogP contribution < -0.4 is 0 Å². The first-order valence-electron chi connectivity index (χ1n) is 8.59. The molecule has 2 nitrogen and oxygen atoms in total. The van der Waals surface area contributed by atoms with Gasteiger partial charge in [-0.1, -0.05) is 84.9 Å². The fourth-order valence-corrected chi connectivity index (χ4v) is 3.02. The van der Waals surface area contributed by atoms with E-state index in [1.807, 2.05) is 48.5 Å². The summed E-state index contributed by atoms with van der Waals surface area (Å²) in [5, 5.41) is 0. The average molecular weight is 364 g/mol. The van der Waals surface area contributed by atoms with E-state index in [0.717, 1.165) is 11.1 Å². The molecule has 0 aliphatic rings. The summed E-state index contributed by atoms with van der Waals surface area (Å²) in [6.07, 6.45) is 0.0123. The number of benzene rings is 3. The second kappa shape index (κ2) is 8.04. The van der Waals surface area contributed by atoms with Crippen molar-refractivity contribution in [2.75, 3.05) is 0 Å². The van der Waals surface area contributed by atoms with Gasteiger partial charge in [0.05, 0.1) is 5.92 Å². The number of alkyl halides is 2. The van der Waals surface area contributed by atoms with Gasteiger partial charge in [0.25, 0.3) is 0 Å². The first kappa shape index (κ1) is 18.6. The molecule has 0 saturated carbocycles. The molecule has 3 rings (SSSR count). The Kier molecular flexibility index (Phi) is 5.55. The van der Waals surface area contributed by atoms with Crippen molar-refractivity contribution in [3.8, 4) is 0 Å². The zero-order valence-electron chi connectivity index (χ0n) is 14.5. The van der Waals surface area contributed by atoms with E-state index in [9.17, 15) is 18.4 Å². The van der Waals surface area contributed by atoms with E-state index in [0.29, 0.717) is 12.0 Å². The Labute approximate surface area is 156 Å². The Morgan fingerprint density at radius 3 is 1.96 bits per heavy atom. The number of carbonyl (C=O) groups is 2. The lowest BCUT2D eigenvalue weighted by molar-refractivity contribution is -0.130. The van der Waals surface area contributed by atoms with Gasteiger partial charge in [-0.2, -0.15) is 8.78 Å². The Morgan fingerprint density at radius 1 is 0.852 bits per heavy atom. The number of halogens is 2. The van der Waals surface area contributed by atoms with Crippen LogP contribution in [-0.2, 0) is 17.1 Å². The summed E-state index contributed by atoms with van der Waals surface area (Å²) in [7, 11) is 0. The molecule has 0 aliphatic carbocycles. The molecular formula is C23H18F2O2. The average Bonchev–Trinajstić information content (AvgIpc) is 2.73. The van der Waals surface area contributed by atoms with Gasteiger partial charge < -0.3 is 0 Å². The van der Waals surface area contributed by atoms with Crippen LogP contribution in [0.15, 0.2) is 84.9 Å². The minimum absolute atomic E-state index is 0.0240. The van der Waals surface area contributed by atoms with Gasteiger partial charge in [0.1, 0.15) is 0 Å². The van der Waals surface area contributed by atoms with Gasteiger partial charge in [0.15, 0.2) is 12.1 Å². The first-order chi connectivity index (χ1) is 13.0. The second-order valence-corrected chi connectivity index (χ2v) is 6.34. The van der Waals surface area contributed by atoms with Crippen molar-refractivity contribution in [1.82, 2.24) is 0 Å². The number of ketones is 1. The highest BCUT2D eigenvalue weighted by molar-refractivity contribution is 6.01. The Balaban J connectivity index is 1.90. The zero-order valence-corrected chi connectivity index (χ0v) is 14.5. The van der Waals surface area contributed by atoms with Gasteiger partial charge in [-0.3, -0.25) is 9.59 Å². The molecule has 3 aromatic carbocycles. The fourth-order valence-electron chi connectivity index (χ4n) is 3.02. The van der Waals surface area contributed by atoms with Crippen molar-refractivity contribution in [3.63, 3.8) is 0 Å². The lowest BCUT2D eigenvalue weighted by Crippen LogP contribution is -2.17. The SMILES string of the molecule is O=CC(F)(F)c1ccc(CC(C(=O)c2ccccc2)c2ccccc2)cc1. The number of hydrogen-bond acceptors (Lipinski definition) is 2. The van der Waals surface area contributed by atoms with E-state index in [-0.39, 0.29) is 17.6 Å². The van der Waals surface area contributed by atoms with Crippen molar-refractivity contribution in [2.24, 2.45) is 0 Å². The van der Waals surface area contributed by atoms with Crippen LogP contribution >= 0.6 is 0 Å². The summed E-state index contributed by atoms with van der Waals surface area (Å²) >= 11 is 0. The highest BCUT2D eigenvalue weighted by atomic mass is 19.3. The summed E-state index contributed by atoms with van der Waals surface area (Å²) in [6.45, 7) is 0. The van der Waals surface area contributed by atoms with Crippen LogP contribution in [-0.4, -0.2) is 12.1 Å². The lowest BCUT2D eigenvalue weighted by Gasteiger charge is -2.17. The maximum Gasteiger partial charge on any atom is 0.327 e. The molecule has 0 bridgehead atoms. The molecule has 1 unspecified atom stereocenters. The maximum absolute atomic E-state index is 13.5. The number of carbonyl (C=O) groups excluding carboxylic acids is 2. The first-order valence-corrected chi connectivity index (χ1v) is 8.59. The summed E-state index contributed by atoms with van der Waals surface area (Å²) < 4.78 is 26.9. The molecule has 0 N–H and O–H groups in total. The largest absolute Gasteiger partial charge is 0.327 e. The molecule has 4 heteroatoms. The van der Waals surface area contributed by atoms with Crippen LogP contribution in [0.5, 0.6) is 0 Å². The smallest absolute Gasteiger partial charge is 0.296 e. The molecule has 0 amide bonds. The highest BCUT2D eigenvalue weighted by Crippen LogP contribution is 2.28. The van der Waals surface area contributed by atoms with Crippen molar-refractivity contribution >= 4 is 12.1 Å². The third-order valence-corrected chi connectivity index (χ3v) is 4.50. The zero-order chi connectivity index (χ0) is 19.3. The fraction of sp³-hybridized carbons (Fsp3) is 0.130. The quantitative estimate of drug-likeness (QED) is 0.427. The molecule has 0 aliphatic heterocycles. The molecule has 0 spiro atoms. The highest BCUT2D eigenvalue weighted by Gasteiger charge is 2.30. The third kappa shape index (κ3) is 4.34. The summed E-state index contributed by atoms with van der Waals surface area (Å²) in [4.78, 5) is 23.6. The molecule has 27 heavy (non-hydrogen) atoms. The van der Waals surface area contributed by atoms with Crippen LogP contribution in [0.3, 0.4) is 0 Å². The number of rotatable bonds is 7. The van der Waals surface area contributed by atoms with Crippen molar-refractivity contribution < 1.29 is 18.4 Å². The van der Waals surface area contributed by atoms with E-state index < -0.39 is 11.8 Å². The van der Waals surface area contributed by atoms with Gasteiger partial charge in [0.2, 0.25) is 0 Å². The van der Waals surface area contributed by atoms with Crippen molar-refractivity contribution in [3.05, 3.63) is 107 Å². The molecule has 0 fully saturated rings. The van der Waals surface area contributed by atoms with Crippen LogP contribution in [0.2, 0.25) is 0 Å². The second-order valence-electron chi connectivity index (χ2n) is 6.34. The minimum Gasteiger partial charge on any atom is -0.296 e. The molecule has 136 valence electrons. The summed E-state index contributed by atoms with van der Waals surface area (Å²) in [6, 6.07) is 24.0. The number of Topliss-reactive ketones (excluding diaryl/α,β-unsaturated/α-hetero) is 1. The Bertz CT molecular complexity index is 904. The van der Waals surface area contributed by atoms with Gasteiger partial charge >= 0.3 is 5.92 Å². The Morgan fingerprint density at radius 2 is 1.41 bits per heavy atom. The normalized spacial score (nSPS) is 12.4. The van der Waals surface area contributed by atoms with Crippen LogP contribution in [0, 0.1) is 0 Å². The predicted molar refractivity (Wildman–Crippen MR) is 100 cm³/mol. The monoisotopic (exact) mass is 364 g/mol. The molecule has 0 heterocycles. The topological polar surface area (TPSA) is 34.1 Å². The minimum atomic E-state index is -3.50. The van der Waals surface area contributed by atoms with Gasteiger partial charge in [-0.25, -0.2) is 0 Å². The van der Waals surface area contributed by atoms with Crippen molar-refractivity contribution in [1.29, 1.82) is 0 Å². The van der Waals surface area contributed by atoms with Gasteiger partial charge in [0, 0.05) is 11.1 Å². The van der Waals surface area contributed by atoms with E-state index in [1.165, 1.54) is 12.1 Å². The van der Waals surface area contributed by atoms with E-state index in [1.54, 1.807) is 24.3 Å². The van der Waals surface area contributed by atoms with E-state index in [2.05, 4.69) is 0 Å². The van der Waals surface area contributed by atoms with Crippen molar-refractivity contribution in [2.45, 2.75) is 18.3 Å². The van der Waals surface area contributed by atoms with E-state index in [4.69, 9.17) is 0 Å². The summed E-state index contributed by atoms with van der Waals surface area (Å²) in [5.41, 5.74) is 1.87. The maximum atomic E-state index is 13.5. The molecule has 0 saturated heterocycles. The van der Waals surface area contributed by atoms with Gasteiger partial charge in [-0.05, 0) is 17.5 Å². The molecule has 0 radical (unpaired) electrons. The molecule has 1 atom stereocenters. The van der Waals surface area contributed by atoms with Crippen LogP contribution in [0.4, 0.5) is 8.78 Å². The number of aldehydes is 1. The third-order valence-electron chi connectivity index (χ3n) is 4.50. The van der Waals surface area contributed by atoms with Crippen LogP contribution in [0.1, 0.15) is 33.0 Å². The molecule has 0 aromatic heterocycles. The Hall–Kier alpha value is -3.14. The van der Waals surface area contributed by atoms with Gasteiger partial charge in [-0.15, -0.1) is 0 Å². The predicted octanol–water partition coefficient (Wildman–Crippen LogP) is 5.19.